The van der Waals surface area contributed by atoms with Crippen LogP contribution < -0.4 is 5.32 Å². The van der Waals surface area contributed by atoms with Crippen LogP contribution in [-0.4, -0.2) is 6.54 Å². The van der Waals surface area contributed by atoms with Crippen LogP contribution in [0.5, 0.6) is 0 Å². The van der Waals surface area contributed by atoms with Crippen molar-refractivity contribution in [3.8, 4) is 0 Å². The van der Waals surface area contributed by atoms with Gasteiger partial charge in [-0.3, -0.25) is 0 Å². The Morgan fingerprint density at radius 3 is 2.43 bits per heavy atom. The van der Waals surface area contributed by atoms with Gasteiger partial charge in [0.2, 0.25) is 0 Å². The van der Waals surface area contributed by atoms with Gasteiger partial charge in [-0.1, -0.05) is 28.9 Å². The van der Waals surface area contributed by atoms with Crippen LogP contribution in [0.25, 0.3) is 0 Å². The second-order valence-electron chi connectivity index (χ2n) is 4.77. The van der Waals surface area contributed by atoms with Crippen molar-refractivity contribution in [3.63, 3.8) is 0 Å². The monoisotopic (exact) mass is 357 g/mol. The van der Waals surface area contributed by atoms with E-state index in [1.165, 1.54) is 18.2 Å². The molecule has 1 unspecified atom stereocenters. The number of rotatable bonds is 5. The third-order valence-electron chi connectivity index (χ3n) is 3.16. The summed E-state index contributed by atoms with van der Waals surface area (Å²) in [6.07, 6.45) is 0.481. The molecule has 0 heterocycles. The molecule has 0 saturated carbocycles. The minimum Gasteiger partial charge on any atom is -0.310 e. The van der Waals surface area contributed by atoms with Crippen molar-refractivity contribution in [2.45, 2.75) is 19.4 Å². The van der Waals surface area contributed by atoms with Crippen LogP contribution in [0.2, 0.25) is 0 Å². The molecule has 0 spiro atoms. The van der Waals surface area contributed by atoms with E-state index in [0.717, 1.165) is 11.6 Å². The third kappa shape index (κ3) is 4.32. The van der Waals surface area contributed by atoms with E-state index in [2.05, 4.69) is 21.2 Å². The van der Waals surface area contributed by atoms with Crippen molar-refractivity contribution in [1.29, 1.82) is 0 Å². The first kappa shape index (κ1) is 16.0. The molecule has 1 atom stereocenters. The van der Waals surface area contributed by atoms with Crippen molar-refractivity contribution in [2.75, 3.05) is 6.54 Å². The van der Waals surface area contributed by atoms with Crippen molar-refractivity contribution in [3.05, 3.63) is 69.4 Å². The van der Waals surface area contributed by atoms with Crippen molar-refractivity contribution in [1.82, 2.24) is 5.32 Å². The molecular weight excluding hydrogens is 343 g/mol. The van der Waals surface area contributed by atoms with Crippen LogP contribution in [0.4, 0.5) is 13.2 Å². The molecule has 2 aromatic carbocycles. The average molecular weight is 358 g/mol. The lowest BCUT2D eigenvalue weighted by Gasteiger charge is -2.19. The smallest absolute Gasteiger partial charge is 0.159 e. The zero-order chi connectivity index (χ0) is 15.4. The lowest BCUT2D eigenvalue weighted by Crippen LogP contribution is -2.23. The van der Waals surface area contributed by atoms with Crippen LogP contribution in [-0.2, 0) is 6.42 Å². The summed E-state index contributed by atoms with van der Waals surface area (Å²) in [5.74, 6) is -2.08. The SMILES string of the molecule is CCNC(Cc1cc(F)cc(Br)c1)c1ccc(F)c(F)c1. The molecule has 112 valence electrons. The van der Waals surface area contributed by atoms with Gasteiger partial charge in [0.25, 0.3) is 0 Å². The molecule has 21 heavy (non-hydrogen) atoms. The maximum Gasteiger partial charge on any atom is 0.159 e. The topological polar surface area (TPSA) is 12.0 Å². The second-order valence-corrected chi connectivity index (χ2v) is 5.68. The fourth-order valence-electron chi connectivity index (χ4n) is 2.25. The maximum atomic E-state index is 13.4. The normalized spacial score (nSPS) is 12.4. The third-order valence-corrected chi connectivity index (χ3v) is 3.62. The predicted octanol–water partition coefficient (Wildman–Crippen LogP) is 4.76. The lowest BCUT2D eigenvalue weighted by atomic mass is 9.98. The molecule has 0 aliphatic carbocycles. The number of benzene rings is 2. The molecular formula is C16H15BrF3N. The van der Waals surface area contributed by atoms with Gasteiger partial charge in [-0.25, -0.2) is 13.2 Å². The van der Waals surface area contributed by atoms with Crippen LogP contribution in [0, 0.1) is 17.5 Å². The highest BCUT2D eigenvalue weighted by molar-refractivity contribution is 9.10. The molecule has 0 saturated heterocycles. The number of hydrogen-bond acceptors (Lipinski definition) is 1. The van der Waals surface area contributed by atoms with Gasteiger partial charge in [-0.05, 0) is 54.4 Å². The molecule has 0 amide bonds. The Morgan fingerprint density at radius 2 is 1.81 bits per heavy atom. The first-order valence-corrected chi connectivity index (χ1v) is 7.42. The minimum absolute atomic E-state index is 0.209. The number of nitrogens with one attached hydrogen (secondary N) is 1. The fourth-order valence-corrected chi connectivity index (χ4v) is 2.76. The Kier molecular flexibility index (Phi) is 5.42. The van der Waals surface area contributed by atoms with E-state index in [-0.39, 0.29) is 11.9 Å². The van der Waals surface area contributed by atoms with Crippen molar-refractivity contribution >= 4 is 15.9 Å². The average Bonchev–Trinajstić information content (AvgIpc) is 2.40. The van der Waals surface area contributed by atoms with E-state index in [9.17, 15) is 13.2 Å². The van der Waals surface area contributed by atoms with E-state index in [1.54, 1.807) is 6.07 Å². The van der Waals surface area contributed by atoms with Gasteiger partial charge in [-0.2, -0.15) is 0 Å². The van der Waals surface area contributed by atoms with Crippen LogP contribution in [0.15, 0.2) is 40.9 Å². The first-order chi connectivity index (χ1) is 9.99. The number of halogens is 4. The van der Waals surface area contributed by atoms with Gasteiger partial charge in [0.05, 0.1) is 0 Å². The molecule has 0 aliphatic heterocycles. The summed E-state index contributed by atoms with van der Waals surface area (Å²) in [4.78, 5) is 0. The molecule has 0 fully saturated rings. The quantitative estimate of drug-likeness (QED) is 0.813. The number of likely N-dealkylation sites (N-methyl/N-ethyl adjacent to an activating group) is 1. The van der Waals surface area contributed by atoms with Gasteiger partial charge in [0.1, 0.15) is 5.82 Å². The summed E-state index contributed by atoms with van der Waals surface area (Å²) < 4.78 is 40.5. The molecule has 1 N–H and O–H groups in total. The summed E-state index contributed by atoms with van der Waals surface area (Å²) in [7, 11) is 0. The Morgan fingerprint density at radius 1 is 1.05 bits per heavy atom. The summed E-state index contributed by atoms with van der Waals surface area (Å²) in [5.41, 5.74) is 1.41. The van der Waals surface area contributed by atoms with Gasteiger partial charge >= 0.3 is 0 Å². The zero-order valence-corrected chi connectivity index (χ0v) is 13.1. The van der Waals surface area contributed by atoms with E-state index in [4.69, 9.17) is 0 Å². The summed E-state index contributed by atoms with van der Waals surface area (Å²) in [6, 6.07) is 8.25. The molecule has 0 radical (unpaired) electrons. The van der Waals surface area contributed by atoms with Crippen molar-refractivity contribution in [2.24, 2.45) is 0 Å². The zero-order valence-electron chi connectivity index (χ0n) is 11.5. The Hall–Kier alpha value is -1.33. The molecule has 5 heteroatoms. The Balaban J connectivity index is 2.27. The molecule has 1 nitrogen and oxygen atoms in total. The van der Waals surface area contributed by atoms with Crippen LogP contribution >= 0.6 is 15.9 Å². The standard InChI is InChI=1S/C16H15BrF3N/c1-2-21-16(11-3-4-14(19)15(20)8-11)7-10-5-12(17)9-13(18)6-10/h3-6,8-9,16,21H,2,7H2,1H3. The molecule has 2 rings (SSSR count). The highest BCUT2D eigenvalue weighted by Crippen LogP contribution is 2.23. The largest absolute Gasteiger partial charge is 0.310 e. The van der Waals surface area contributed by atoms with Gasteiger partial charge < -0.3 is 5.32 Å². The van der Waals surface area contributed by atoms with Gasteiger partial charge in [0, 0.05) is 10.5 Å². The predicted molar refractivity (Wildman–Crippen MR) is 80.6 cm³/mol. The van der Waals surface area contributed by atoms with Crippen molar-refractivity contribution < 1.29 is 13.2 Å². The van der Waals surface area contributed by atoms with Crippen LogP contribution in [0.3, 0.4) is 0 Å². The van der Waals surface area contributed by atoms with E-state index >= 15 is 0 Å². The highest BCUT2D eigenvalue weighted by Gasteiger charge is 2.14. The van der Waals surface area contributed by atoms with Gasteiger partial charge in [0.15, 0.2) is 11.6 Å². The molecule has 2 aromatic rings. The molecule has 0 aromatic heterocycles. The fraction of sp³-hybridized carbons (Fsp3) is 0.250. The van der Waals surface area contributed by atoms with E-state index in [1.807, 2.05) is 13.0 Å². The summed E-state index contributed by atoms with van der Waals surface area (Å²) in [6.45, 7) is 2.59. The highest BCUT2D eigenvalue weighted by atomic mass is 79.9. The molecule has 0 aliphatic rings. The first-order valence-electron chi connectivity index (χ1n) is 6.63. The molecule has 0 bridgehead atoms. The number of hydrogen-bond donors (Lipinski definition) is 1. The Labute approximate surface area is 130 Å². The maximum absolute atomic E-state index is 13.4. The van der Waals surface area contributed by atoms with E-state index < -0.39 is 11.6 Å². The second kappa shape index (κ2) is 7.09. The van der Waals surface area contributed by atoms with Crippen LogP contribution in [0.1, 0.15) is 24.1 Å². The minimum atomic E-state index is -0.879. The summed E-state index contributed by atoms with van der Waals surface area (Å²) in [5, 5.41) is 3.21. The Bertz CT molecular complexity index is 611. The van der Waals surface area contributed by atoms with E-state index in [0.29, 0.717) is 23.0 Å². The van der Waals surface area contributed by atoms with Gasteiger partial charge in [-0.15, -0.1) is 0 Å². The summed E-state index contributed by atoms with van der Waals surface area (Å²) >= 11 is 3.25. The lowest BCUT2D eigenvalue weighted by molar-refractivity contribution is 0.496.